The third-order valence-electron chi connectivity index (χ3n) is 4.18. The highest BCUT2D eigenvalue weighted by atomic mass is 19.1. The molecule has 1 N–H and O–H groups in total. The fourth-order valence-electron chi connectivity index (χ4n) is 2.70. The second-order valence-corrected chi connectivity index (χ2v) is 5.90. The summed E-state index contributed by atoms with van der Waals surface area (Å²) in [6.45, 7) is 1.84. The molecule has 0 bridgehead atoms. The zero-order chi connectivity index (χ0) is 18.5. The predicted molar refractivity (Wildman–Crippen MR) is 99.7 cm³/mol. The smallest absolute Gasteiger partial charge is 0.232 e. The highest BCUT2D eigenvalue weighted by Crippen LogP contribution is 2.31. The number of rotatable bonds is 5. The van der Waals surface area contributed by atoms with Crippen LogP contribution in [0.1, 0.15) is 18.4 Å². The first kappa shape index (κ1) is 17.6. The number of nitrogens with one attached hydrogen (secondary N) is 1. The summed E-state index contributed by atoms with van der Waals surface area (Å²) in [4.78, 5) is 16.7. The summed E-state index contributed by atoms with van der Waals surface area (Å²) in [6.07, 6.45) is 1.57. The van der Waals surface area contributed by atoms with E-state index in [4.69, 9.17) is 4.74 Å². The molecule has 0 aliphatic heterocycles. The van der Waals surface area contributed by atoms with E-state index in [1.54, 1.807) is 24.4 Å². The van der Waals surface area contributed by atoms with Gasteiger partial charge >= 0.3 is 0 Å². The Hall–Kier alpha value is -3.21. The molecule has 0 aliphatic carbocycles. The van der Waals surface area contributed by atoms with Crippen molar-refractivity contribution in [1.29, 1.82) is 0 Å². The van der Waals surface area contributed by atoms with Crippen LogP contribution >= 0.6 is 0 Å². The topological polar surface area (TPSA) is 51.2 Å². The van der Waals surface area contributed by atoms with Crippen molar-refractivity contribution in [2.75, 3.05) is 12.4 Å². The summed E-state index contributed by atoms with van der Waals surface area (Å²) in [5.41, 5.74) is 2.23. The number of benzene rings is 2. The molecular formula is C21H19FN2O2. The monoisotopic (exact) mass is 350 g/mol. The number of hydrogen-bond donors (Lipinski definition) is 1. The molecular weight excluding hydrogens is 331 g/mol. The first-order chi connectivity index (χ1) is 12.6. The molecule has 1 amide bonds. The summed E-state index contributed by atoms with van der Waals surface area (Å²) in [5, 5.41) is 2.82. The largest absolute Gasteiger partial charge is 0.496 e. The third kappa shape index (κ3) is 3.88. The van der Waals surface area contributed by atoms with Crippen molar-refractivity contribution < 1.29 is 13.9 Å². The van der Waals surface area contributed by atoms with E-state index < -0.39 is 0 Å². The van der Waals surface area contributed by atoms with Gasteiger partial charge in [-0.2, -0.15) is 0 Å². The van der Waals surface area contributed by atoms with Crippen molar-refractivity contribution in [2.24, 2.45) is 0 Å². The Morgan fingerprint density at radius 1 is 1.12 bits per heavy atom. The van der Waals surface area contributed by atoms with Crippen LogP contribution in [0.2, 0.25) is 0 Å². The summed E-state index contributed by atoms with van der Waals surface area (Å²) >= 11 is 0. The van der Waals surface area contributed by atoms with Gasteiger partial charge in [0.15, 0.2) is 0 Å². The maximum Gasteiger partial charge on any atom is 0.232 e. The van der Waals surface area contributed by atoms with Gasteiger partial charge in [0.25, 0.3) is 0 Å². The number of carbonyl (C=O) groups is 1. The van der Waals surface area contributed by atoms with Gasteiger partial charge in [0.05, 0.1) is 13.0 Å². The number of ether oxygens (including phenoxy) is 1. The van der Waals surface area contributed by atoms with Crippen LogP contribution in [0, 0.1) is 5.82 Å². The maximum atomic E-state index is 13.6. The van der Waals surface area contributed by atoms with E-state index in [2.05, 4.69) is 10.3 Å². The van der Waals surface area contributed by atoms with Crippen LogP contribution in [0.15, 0.2) is 66.9 Å². The van der Waals surface area contributed by atoms with Crippen LogP contribution in [-0.2, 0) is 4.79 Å². The number of anilines is 1. The molecule has 1 heterocycles. The Kier molecular flexibility index (Phi) is 5.27. The normalized spacial score (nSPS) is 11.7. The van der Waals surface area contributed by atoms with E-state index in [1.165, 1.54) is 19.2 Å². The molecule has 0 aliphatic rings. The minimum Gasteiger partial charge on any atom is -0.496 e. The Morgan fingerprint density at radius 3 is 2.62 bits per heavy atom. The fourth-order valence-corrected chi connectivity index (χ4v) is 2.70. The molecule has 26 heavy (non-hydrogen) atoms. The summed E-state index contributed by atoms with van der Waals surface area (Å²) in [5.74, 6) is 0.118. The molecule has 1 atom stereocenters. The lowest BCUT2D eigenvalue weighted by atomic mass is 10.0. The molecule has 0 radical (unpaired) electrons. The van der Waals surface area contributed by atoms with Crippen LogP contribution in [-0.4, -0.2) is 18.0 Å². The van der Waals surface area contributed by atoms with Gasteiger partial charge < -0.3 is 10.1 Å². The second-order valence-electron chi connectivity index (χ2n) is 5.90. The first-order valence-electron chi connectivity index (χ1n) is 8.24. The average Bonchev–Trinajstić information content (AvgIpc) is 2.68. The lowest BCUT2D eigenvalue weighted by molar-refractivity contribution is -0.117. The minimum absolute atomic E-state index is 0.160. The molecule has 2 aromatic carbocycles. The molecule has 0 saturated carbocycles. The van der Waals surface area contributed by atoms with Crippen molar-refractivity contribution in [3.05, 3.63) is 78.2 Å². The van der Waals surface area contributed by atoms with E-state index in [9.17, 15) is 9.18 Å². The number of amides is 1. The Balaban J connectivity index is 1.84. The maximum absolute atomic E-state index is 13.6. The van der Waals surface area contributed by atoms with Gasteiger partial charge in [0, 0.05) is 11.8 Å². The summed E-state index contributed by atoms with van der Waals surface area (Å²) in [7, 11) is 1.53. The highest BCUT2D eigenvalue weighted by molar-refractivity contribution is 5.95. The zero-order valence-electron chi connectivity index (χ0n) is 14.6. The fraction of sp³-hybridized carbons (Fsp3) is 0.143. The average molecular weight is 350 g/mol. The Morgan fingerprint density at radius 2 is 1.88 bits per heavy atom. The quantitative estimate of drug-likeness (QED) is 0.729. The number of nitrogens with zero attached hydrogens (tertiary/aromatic N) is 1. The van der Waals surface area contributed by atoms with Crippen LogP contribution < -0.4 is 10.1 Å². The van der Waals surface area contributed by atoms with Gasteiger partial charge in [0.1, 0.15) is 17.4 Å². The molecule has 3 rings (SSSR count). The Bertz CT molecular complexity index is 913. The SMILES string of the molecule is COc1ccc(F)cc1-c1ccnc(NC(=O)[C@@H](C)c2ccccc2)c1. The van der Waals surface area contributed by atoms with Gasteiger partial charge in [0.2, 0.25) is 5.91 Å². The van der Waals surface area contributed by atoms with Crippen LogP contribution in [0.25, 0.3) is 11.1 Å². The van der Waals surface area contributed by atoms with Crippen LogP contribution in [0.3, 0.4) is 0 Å². The molecule has 132 valence electrons. The van der Waals surface area contributed by atoms with Crippen molar-refractivity contribution in [1.82, 2.24) is 4.98 Å². The Labute approximate surface area is 151 Å². The van der Waals surface area contributed by atoms with Gasteiger partial charge in [-0.05, 0) is 48.4 Å². The van der Waals surface area contributed by atoms with Crippen molar-refractivity contribution in [2.45, 2.75) is 12.8 Å². The number of pyridine rings is 1. The van der Waals surface area contributed by atoms with Crippen LogP contribution in [0.4, 0.5) is 10.2 Å². The molecule has 5 heteroatoms. The summed E-state index contributed by atoms with van der Waals surface area (Å²) < 4.78 is 18.9. The van der Waals surface area contributed by atoms with Gasteiger partial charge in [-0.15, -0.1) is 0 Å². The number of halogens is 1. The predicted octanol–water partition coefficient (Wildman–Crippen LogP) is 4.64. The molecule has 1 aromatic heterocycles. The molecule has 0 spiro atoms. The van der Waals surface area contributed by atoms with Gasteiger partial charge in [-0.3, -0.25) is 4.79 Å². The van der Waals surface area contributed by atoms with Gasteiger partial charge in [-0.1, -0.05) is 30.3 Å². The lowest BCUT2D eigenvalue weighted by Crippen LogP contribution is -2.19. The molecule has 0 saturated heterocycles. The third-order valence-corrected chi connectivity index (χ3v) is 4.18. The van der Waals surface area contributed by atoms with E-state index in [-0.39, 0.29) is 17.6 Å². The van der Waals surface area contributed by atoms with Crippen molar-refractivity contribution in [3.8, 4) is 16.9 Å². The zero-order valence-corrected chi connectivity index (χ0v) is 14.6. The van der Waals surface area contributed by atoms with E-state index in [0.717, 1.165) is 5.56 Å². The number of aromatic nitrogens is 1. The molecule has 4 nitrogen and oxygen atoms in total. The lowest BCUT2D eigenvalue weighted by Gasteiger charge is -2.13. The second kappa shape index (κ2) is 7.78. The molecule has 0 unspecified atom stereocenters. The van der Waals surface area contributed by atoms with E-state index >= 15 is 0 Å². The first-order valence-corrected chi connectivity index (χ1v) is 8.24. The number of methoxy groups -OCH3 is 1. The molecule has 3 aromatic rings. The number of hydrogen-bond acceptors (Lipinski definition) is 3. The highest BCUT2D eigenvalue weighted by Gasteiger charge is 2.16. The van der Waals surface area contributed by atoms with Crippen LogP contribution in [0.5, 0.6) is 5.75 Å². The van der Waals surface area contributed by atoms with Gasteiger partial charge in [-0.25, -0.2) is 9.37 Å². The van der Waals surface area contributed by atoms with E-state index in [1.807, 2.05) is 37.3 Å². The van der Waals surface area contributed by atoms with Crippen molar-refractivity contribution in [3.63, 3.8) is 0 Å². The number of carbonyl (C=O) groups excluding carboxylic acids is 1. The summed E-state index contributed by atoms with van der Waals surface area (Å²) in [6, 6.07) is 17.3. The standard InChI is InChI=1S/C21H19FN2O2/c1-14(15-6-4-3-5-7-15)21(25)24-20-12-16(10-11-23-20)18-13-17(22)8-9-19(18)26-2/h3-14H,1-2H3,(H,23,24,25)/t14-/m0/s1. The van der Waals surface area contributed by atoms with Crippen molar-refractivity contribution >= 4 is 11.7 Å². The van der Waals surface area contributed by atoms with E-state index in [0.29, 0.717) is 22.7 Å². The minimum atomic E-state index is -0.360. The molecule has 0 fully saturated rings.